The molecule has 2 aromatic rings. The van der Waals surface area contributed by atoms with Gasteiger partial charge in [0.05, 0.1) is 0 Å². The van der Waals surface area contributed by atoms with E-state index in [0.29, 0.717) is 0 Å². The Morgan fingerprint density at radius 1 is 0.886 bits per heavy atom. The minimum atomic E-state index is -0.605. The van der Waals surface area contributed by atoms with Crippen molar-refractivity contribution >= 4 is 20.1 Å². The van der Waals surface area contributed by atoms with Crippen molar-refractivity contribution in [3.8, 4) is 11.1 Å². The second kappa shape index (κ2) is 11.9. The van der Waals surface area contributed by atoms with Gasteiger partial charge in [0.1, 0.15) is 0 Å². The van der Waals surface area contributed by atoms with E-state index in [1.165, 1.54) is 56.3 Å². The van der Waals surface area contributed by atoms with Crippen LogP contribution in [0.4, 0.5) is 0 Å². The van der Waals surface area contributed by atoms with E-state index in [4.69, 9.17) is 0 Å². The first-order chi connectivity index (χ1) is 15.0. The van der Waals surface area contributed by atoms with Crippen LogP contribution < -0.4 is 30.0 Å². The van der Waals surface area contributed by atoms with Crippen molar-refractivity contribution < 1.29 is 51.0 Å². The van der Waals surface area contributed by atoms with Gasteiger partial charge in [0.15, 0.2) is 0 Å². The van der Waals surface area contributed by atoms with E-state index in [0.717, 1.165) is 6.42 Å². The smallest absolute Gasteiger partial charge is 1.00 e. The Balaban J connectivity index is 0.00000204. The number of hydrogen-bond donors (Lipinski definition) is 0. The molecule has 0 aliphatic heterocycles. The molecular weight excluding hydrogens is 563 g/mol. The number of rotatable bonds is 3. The molecule has 0 N–H and O–H groups in total. The van der Waals surface area contributed by atoms with Crippen molar-refractivity contribution in [3.05, 3.63) is 74.3 Å². The third kappa shape index (κ3) is 5.98. The van der Waals surface area contributed by atoms with E-state index in [9.17, 15) is 0 Å². The summed E-state index contributed by atoms with van der Waals surface area (Å²) in [5, 5.41) is 1.34. The molecule has 35 heavy (non-hydrogen) atoms. The fraction of sp³-hybridized carbons (Fsp3) is 0.452. The summed E-state index contributed by atoms with van der Waals surface area (Å²) in [6.45, 7) is 21.2. The Morgan fingerprint density at radius 2 is 1.51 bits per heavy atom. The standard InChI is InChI=1S/C31H39Si.2ClH.Zr/c1-10-32(11-2)27-19-25-24-16-15-22(30(4,5)6)17-21(24)18-26(25)28(29(27)31(7,8)9)23-14-12-13-20(23)3;;;/h12-13,15-17,19H,10-11,14H2,1-9H3;2*1H;/q-1;;;+3/p-2. The van der Waals surface area contributed by atoms with Gasteiger partial charge in [0.25, 0.3) is 0 Å². The van der Waals surface area contributed by atoms with E-state index in [1.54, 1.807) is 10.4 Å². The number of benzene rings is 2. The van der Waals surface area contributed by atoms with Gasteiger partial charge in [-0.1, -0.05) is 118 Å². The molecule has 4 heteroatoms. The zero-order valence-corrected chi connectivity index (χ0v) is 27.8. The van der Waals surface area contributed by atoms with Gasteiger partial charge >= 0.3 is 26.2 Å². The van der Waals surface area contributed by atoms with E-state index >= 15 is 0 Å². The van der Waals surface area contributed by atoms with Crippen LogP contribution in [0.15, 0.2) is 42.0 Å². The molecule has 0 heterocycles. The SMILES string of the molecule is CC[Si](CC)=c1cc2c(c(C3=C(C)C=CC3)c1C(C)(C)C)=[C-]c1cc(C(C)(C)C)ccc1-2.[Cl-].[Cl-].[Zr+3]. The third-order valence-corrected chi connectivity index (χ3v) is 10.1. The molecule has 0 fully saturated rings. The molecule has 2 aromatic carbocycles. The van der Waals surface area contributed by atoms with Crippen molar-refractivity contribution in [2.24, 2.45) is 0 Å². The van der Waals surface area contributed by atoms with Crippen molar-refractivity contribution in [3.63, 3.8) is 0 Å². The van der Waals surface area contributed by atoms with Gasteiger partial charge in [0.2, 0.25) is 0 Å². The maximum Gasteiger partial charge on any atom is 3.00 e. The molecule has 0 aromatic heterocycles. The van der Waals surface area contributed by atoms with E-state index in [-0.39, 0.29) is 61.8 Å². The molecule has 0 bridgehead atoms. The second-order valence-corrected chi connectivity index (χ2v) is 14.7. The van der Waals surface area contributed by atoms with Crippen LogP contribution in [0.1, 0.15) is 91.0 Å². The van der Waals surface area contributed by atoms with E-state index in [1.807, 2.05) is 0 Å². The molecule has 0 unspecified atom stereocenters. The Hall–Kier alpha value is -0.530. The van der Waals surface area contributed by atoms with Crippen LogP contribution in [0.3, 0.4) is 0 Å². The van der Waals surface area contributed by atoms with E-state index in [2.05, 4.69) is 105 Å². The predicted molar refractivity (Wildman–Crippen MR) is 143 cm³/mol. The summed E-state index contributed by atoms with van der Waals surface area (Å²) in [4.78, 5) is 1.66. The summed E-state index contributed by atoms with van der Waals surface area (Å²) in [7, 11) is -0.605. The largest absolute Gasteiger partial charge is 3.00 e. The first kappa shape index (κ1) is 32.5. The normalized spacial score (nSPS) is 13.9. The van der Waals surface area contributed by atoms with E-state index < -0.39 is 8.41 Å². The van der Waals surface area contributed by atoms with Gasteiger partial charge in [-0.15, -0.1) is 34.1 Å². The summed E-state index contributed by atoms with van der Waals surface area (Å²) >= 11 is 0. The van der Waals surface area contributed by atoms with Crippen molar-refractivity contribution in [1.29, 1.82) is 0 Å². The second-order valence-electron chi connectivity index (χ2n) is 11.6. The minimum absolute atomic E-state index is 0. The van der Waals surface area contributed by atoms with Gasteiger partial charge in [0, 0.05) is 8.41 Å². The van der Waals surface area contributed by atoms with Crippen LogP contribution in [-0.4, -0.2) is 8.41 Å². The Labute approximate surface area is 246 Å². The molecule has 2 aliphatic rings. The van der Waals surface area contributed by atoms with Gasteiger partial charge in [-0.05, 0) is 36.3 Å². The summed E-state index contributed by atoms with van der Waals surface area (Å²) in [5.74, 6) is 0. The van der Waals surface area contributed by atoms with Crippen LogP contribution in [0.2, 0.25) is 12.1 Å². The van der Waals surface area contributed by atoms with Crippen molar-refractivity contribution in [2.45, 2.75) is 91.7 Å². The zero-order valence-electron chi connectivity index (χ0n) is 22.8. The maximum atomic E-state index is 3.92. The molecule has 0 atom stereocenters. The van der Waals surface area contributed by atoms with Crippen LogP contribution >= 0.6 is 0 Å². The van der Waals surface area contributed by atoms with Crippen LogP contribution in [0.5, 0.6) is 0 Å². The molecule has 2 aliphatic carbocycles. The number of hydrogen-bond acceptors (Lipinski definition) is 0. The summed E-state index contributed by atoms with van der Waals surface area (Å²) in [6, 6.07) is 12.2. The van der Waals surface area contributed by atoms with Gasteiger partial charge in [-0.25, -0.2) is 0 Å². The van der Waals surface area contributed by atoms with Crippen LogP contribution in [0, 0.1) is 4.81 Å². The molecule has 0 spiro atoms. The maximum absolute atomic E-state index is 3.92. The third-order valence-electron chi connectivity index (χ3n) is 7.21. The summed E-state index contributed by atoms with van der Waals surface area (Å²) in [5.41, 5.74) is 11.7. The molecule has 0 nitrogen and oxygen atoms in total. The Kier molecular flexibility index (Phi) is 11.0. The van der Waals surface area contributed by atoms with Crippen LogP contribution in [0.25, 0.3) is 22.8 Å². The molecule has 1 radical (unpaired) electrons. The molecule has 0 saturated carbocycles. The summed E-state index contributed by atoms with van der Waals surface area (Å²) < 4.78 is 0. The molecule has 0 amide bonds. The summed E-state index contributed by atoms with van der Waals surface area (Å²) in [6.07, 6.45) is 9.61. The average molecular weight is 602 g/mol. The fourth-order valence-corrected chi connectivity index (χ4v) is 7.88. The first-order valence-electron chi connectivity index (χ1n) is 12.3. The fourth-order valence-electron chi connectivity index (χ4n) is 5.41. The number of allylic oxidation sites excluding steroid dienone is 4. The zero-order chi connectivity index (χ0) is 23.4. The number of halogens is 2. The van der Waals surface area contributed by atoms with Gasteiger partial charge < -0.3 is 24.8 Å². The van der Waals surface area contributed by atoms with Crippen molar-refractivity contribution in [1.82, 2.24) is 0 Å². The Bertz CT molecular complexity index is 1280. The molecule has 0 saturated heterocycles. The average Bonchev–Trinajstić information content (AvgIpc) is 3.29. The first-order valence-corrected chi connectivity index (χ1v) is 14.2. The monoisotopic (exact) mass is 599 g/mol. The molecular formula is C31H39Cl2SiZr. The number of fused-ring (bicyclic) bond motifs is 3. The van der Waals surface area contributed by atoms with Gasteiger partial charge in [-0.2, -0.15) is 0 Å². The Morgan fingerprint density at radius 3 is 2.00 bits per heavy atom. The van der Waals surface area contributed by atoms with Gasteiger partial charge in [-0.3, -0.25) is 0 Å². The molecule has 185 valence electrons. The van der Waals surface area contributed by atoms with Crippen LogP contribution in [-0.2, 0) is 37.0 Å². The topological polar surface area (TPSA) is 0 Å². The quantitative estimate of drug-likeness (QED) is 0.319. The molecule has 4 rings (SSSR count). The van der Waals surface area contributed by atoms with Crippen molar-refractivity contribution in [2.75, 3.05) is 0 Å². The minimum Gasteiger partial charge on any atom is -1.00 e. The predicted octanol–water partition coefficient (Wildman–Crippen LogP) is 2.07.